The standard InChI is InChI=1S/C15H8F13NO2/c1-6(30)7-3-2-4-8(5-7)29-9(31)10(16,17)11(18,19)12(20,21)13(22,23)14(24,25)15(26,27)28/h2-5H,1H3,(H,29,31). The molecule has 0 saturated carbocycles. The number of amides is 1. The summed E-state index contributed by atoms with van der Waals surface area (Å²) in [7, 11) is 0. The number of ketones is 1. The SMILES string of the molecule is CC(=O)c1cccc(NC(=O)C(F)(F)C(F)(F)C(F)(F)C(F)(F)C(F)(F)C(F)(F)F)c1. The molecule has 0 spiro atoms. The van der Waals surface area contributed by atoms with Gasteiger partial charge in [-0.05, 0) is 19.1 Å². The highest BCUT2D eigenvalue weighted by Crippen LogP contribution is 2.60. The van der Waals surface area contributed by atoms with Crippen LogP contribution in [-0.4, -0.2) is 47.5 Å². The number of rotatable bonds is 7. The lowest BCUT2D eigenvalue weighted by Crippen LogP contribution is -2.71. The molecule has 1 aromatic carbocycles. The summed E-state index contributed by atoms with van der Waals surface area (Å²) in [6.45, 7) is 0.924. The molecule has 0 aliphatic heterocycles. The van der Waals surface area contributed by atoms with Crippen LogP contribution >= 0.6 is 0 Å². The Kier molecular flexibility index (Phi) is 6.45. The molecule has 0 aliphatic carbocycles. The zero-order chi connectivity index (χ0) is 24.8. The third kappa shape index (κ3) is 4.03. The molecule has 176 valence electrons. The van der Waals surface area contributed by atoms with Gasteiger partial charge in [-0.1, -0.05) is 12.1 Å². The predicted molar refractivity (Wildman–Crippen MR) is 75.9 cm³/mol. The Bertz CT molecular complexity index is 861. The largest absolute Gasteiger partial charge is 0.460 e. The highest BCUT2D eigenvalue weighted by atomic mass is 19.4. The second-order valence-electron chi connectivity index (χ2n) is 5.96. The minimum atomic E-state index is -8.10. The number of Topliss-reactive ketones (excluding diaryl/α,β-unsaturated/α-hetero) is 1. The van der Waals surface area contributed by atoms with Crippen molar-refractivity contribution in [3.8, 4) is 0 Å². The minimum absolute atomic E-state index is 0.324. The summed E-state index contributed by atoms with van der Waals surface area (Å²) in [6.07, 6.45) is -7.54. The van der Waals surface area contributed by atoms with Gasteiger partial charge in [0.2, 0.25) is 0 Å². The molecule has 1 aromatic rings. The summed E-state index contributed by atoms with van der Waals surface area (Å²) >= 11 is 0. The van der Waals surface area contributed by atoms with E-state index in [1.54, 1.807) is 0 Å². The van der Waals surface area contributed by atoms with E-state index in [1.807, 2.05) is 0 Å². The van der Waals surface area contributed by atoms with Crippen LogP contribution in [0.3, 0.4) is 0 Å². The maximum Gasteiger partial charge on any atom is 0.460 e. The molecule has 1 N–H and O–H groups in total. The molecule has 0 fully saturated rings. The first-order chi connectivity index (χ1) is 13.6. The molecule has 31 heavy (non-hydrogen) atoms. The lowest BCUT2D eigenvalue weighted by atomic mass is 9.93. The van der Waals surface area contributed by atoms with E-state index in [0.29, 0.717) is 12.1 Å². The van der Waals surface area contributed by atoms with Gasteiger partial charge in [0.1, 0.15) is 0 Å². The van der Waals surface area contributed by atoms with Gasteiger partial charge in [0, 0.05) is 11.3 Å². The van der Waals surface area contributed by atoms with Crippen molar-refractivity contribution in [1.29, 1.82) is 0 Å². The topological polar surface area (TPSA) is 46.2 Å². The van der Waals surface area contributed by atoms with Gasteiger partial charge in [-0.25, -0.2) is 0 Å². The maximum absolute atomic E-state index is 13.7. The van der Waals surface area contributed by atoms with E-state index in [4.69, 9.17) is 0 Å². The van der Waals surface area contributed by atoms with E-state index in [-0.39, 0.29) is 5.56 Å². The minimum Gasteiger partial charge on any atom is -0.321 e. The predicted octanol–water partition coefficient (Wildman–Crippen LogP) is 5.57. The zero-order valence-electron chi connectivity index (χ0n) is 14.5. The van der Waals surface area contributed by atoms with Gasteiger partial charge in [0.15, 0.2) is 5.78 Å². The molecule has 0 radical (unpaired) electrons. The highest BCUT2D eigenvalue weighted by Gasteiger charge is 2.91. The average Bonchev–Trinajstić information content (AvgIpc) is 2.60. The fourth-order valence-corrected chi connectivity index (χ4v) is 1.94. The summed E-state index contributed by atoms with van der Waals surface area (Å²) in [5, 5.41) is 0.867. The van der Waals surface area contributed by atoms with Gasteiger partial charge in [-0.15, -0.1) is 0 Å². The van der Waals surface area contributed by atoms with Crippen molar-refractivity contribution in [2.45, 2.75) is 42.7 Å². The van der Waals surface area contributed by atoms with Crippen molar-refractivity contribution in [3.63, 3.8) is 0 Å². The van der Waals surface area contributed by atoms with Gasteiger partial charge in [-0.3, -0.25) is 9.59 Å². The number of anilines is 1. The number of hydrogen-bond donors (Lipinski definition) is 1. The quantitative estimate of drug-likeness (QED) is 0.409. The molecule has 16 heteroatoms. The van der Waals surface area contributed by atoms with E-state index < -0.39 is 53.2 Å². The Labute approximate surface area is 163 Å². The summed E-state index contributed by atoms with van der Waals surface area (Å²) in [6, 6.07) is 3.13. The lowest BCUT2D eigenvalue weighted by molar-refractivity contribution is -0.435. The van der Waals surface area contributed by atoms with Gasteiger partial charge in [0.25, 0.3) is 0 Å². The van der Waals surface area contributed by atoms with Crippen LogP contribution in [-0.2, 0) is 4.79 Å². The van der Waals surface area contributed by atoms with Crippen LogP contribution in [0.25, 0.3) is 0 Å². The fourth-order valence-electron chi connectivity index (χ4n) is 1.94. The van der Waals surface area contributed by atoms with Gasteiger partial charge < -0.3 is 5.32 Å². The van der Waals surface area contributed by atoms with Crippen molar-refractivity contribution in [2.75, 3.05) is 5.32 Å². The third-order valence-electron chi connectivity index (χ3n) is 3.75. The van der Waals surface area contributed by atoms with Gasteiger partial charge in [0.05, 0.1) is 0 Å². The summed E-state index contributed by atoms with van der Waals surface area (Å²) in [5.41, 5.74) is -1.24. The van der Waals surface area contributed by atoms with Gasteiger partial charge in [-0.2, -0.15) is 57.1 Å². The second-order valence-corrected chi connectivity index (χ2v) is 5.96. The first-order valence-corrected chi connectivity index (χ1v) is 7.44. The fraction of sp³-hybridized carbons (Fsp3) is 0.467. The molecule has 0 atom stereocenters. The van der Waals surface area contributed by atoms with Crippen LogP contribution in [0.5, 0.6) is 0 Å². The number of carbonyl (C=O) groups excluding carboxylic acids is 2. The van der Waals surface area contributed by atoms with E-state index in [1.165, 1.54) is 0 Å². The Morgan fingerprint density at radius 1 is 0.710 bits per heavy atom. The smallest absolute Gasteiger partial charge is 0.321 e. The molecule has 0 aliphatic rings. The number of alkyl halides is 13. The Balaban J connectivity index is 3.40. The van der Waals surface area contributed by atoms with Crippen LogP contribution in [0.4, 0.5) is 62.8 Å². The average molecular weight is 481 g/mol. The van der Waals surface area contributed by atoms with Crippen molar-refractivity contribution in [3.05, 3.63) is 29.8 Å². The van der Waals surface area contributed by atoms with Crippen molar-refractivity contribution in [1.82, 2.24) is 0 Å². The molecular weight excluding hydrogens is 473 g/mol. The molecular formula is C15H8F13NO2. The van der Waals surface area contributed by atoms with Crippen molar-refractivity contribution in [2.24, 2.45) is 0 Å². The molecule has 0 aromatic heterocycles. The van der Waals surface area contributed by atoms with Crippen molar-refractivity contribution >= 4 is 17.4 Å². The van der Waals surface area contributed by atoms with Crippen LogP contribution in [0.2, 0.25) is 0 Å². The summed E-state index contributed by atoms with van der Waals surface area (Å²) in [5.74, 6) is -42.9. The first kappa shape index (κ1) is 26.5. The van der Waals surface area contributed by atoms with Crippen molar-refractivity contribution < 1.29 is 66.7 Å². The molecule has 0 saturated heterocycles. The zero-order valence-corrected chi connectivity index (χ0v) is 14.5. The summed E-state index contributed by atoms with van der Waals surface area (Å²) < 4.78 is 169. The molecule has 1 rings (SSSR count). The van der Waals surface area contributed by atoms with E-state index in [0.717, 1.165) is 24.4 Å². The number of hydrogen-bond acceptors (Lipinski definition) is 2. The van der Waals surface area contributed by atoms with E-state index in [2.05, 4.69) is 0 Å². The van der Waals surface area contributed by atoms with Gasteiger partial charge >= 0.3 is 41.7 Å². The van der Waals surface area contributed by atoms with Crippen LogP contribution in [0, 0.1) is 0 Å². The molecule has 0 unspecified atom stereocenters. The lowest BCUT2D eigenvalue weighted by Gasteiger charge is -2.39. The van der Waals surface area contributed by atoms with Crippen LogP contribution in [0.1, 0.15) is 17.3 Å². The Morgan fingerprint density at radius 2 is 1.16 bits per heavy atom. The Hall–Kier alpha value is -2.55. The number of carbonyl (C=O) groups is 2. The summed E-state index contributed by atoms with van der Waals surface area (Å²) in [4.78, 5) is 22.5. The van der Waals surface area contributed by atoms with Crippen LogP contribution < -0.4 is 5.32 Å². The molecule has 0 heterocycles. The van der Waals surface area contributed by atoms with E-state index >= 15 is 0 Å². The van der Waals surface area contributed by atoms with E-state index in [9.17, 15) is 66.7 Å². The molecule has 3 nitrogen and oxygen atoms in total. The third-order valence-corrected chi connectivity index (χ3v) is 3.75. The molecule has 0 bridgehead atoms. The Morgan fingerprint density at radius 3 is 1.58 bits per heavy atom. The number of benzene rings is 1. The number of nitrogens with one attached hydrogen (secondary N) is 1. The number of halogens is 13. The maximum atomic E-state index is 13.7. The molecule has 1 amide bonds. The monoisotopic (exact) mass is 481 g/mol. The second kappa shape index (κ2) is 7.55. The normalized spacial score (nSPS) is 14.4. The van der Waals surface area contributed by atoms with Crippen LogP contribution in [0.15, 0.2) is 24.3 Å². The first-order valence-electron chi connectivity index (χ1n) is 7.44. The highest BCUT2D eigenvalue weighted by molar-refractivity contribution is 5.99.